The van der Waals surface area contributed by atoms with Crippen LogP contribution in [-0.2, 0) is 14.3 Å². The van der Waals surface area contributed by atoms with Gasteiger partial charge in [0.05, 0.1) is 0 Å². The van der Waals surface area contributed by atoms with Crippen molar-refractivity contribution in [1.82, 2.24) is 0 Å². The summed E-state index contributed by atoms with van der Waals surface area (Å²) in [6, 6.07) is 0. The van der Waals surface area contributed by atoms with Crippen LogP contribution in [0, 0.1) is 28.6 Å². The molecule has 24 heavy (non-hydrogen) atoms. The zero-order chi connectivity index (χ0) is 17.1. The number of carbonyl (C=O) groups is 2. The van der Waals surface area contributed by atoms with E-state index in [1.54, 1.807) is 6.92 Å². The third-order valence-electron chi connectivity index (χ3n) is 8.18. The van der Waals surface area contributed by atoms with Gasteiger partial charge in [-0.3, -0.25) is 9.59 Å². The highest BCUT2D eigenvalue weighted by molar-refractivity contribution is 5.91. The topological polar surface area (TPSA) is 43.4 Å². The van der Waals surface area contributed by atoms with Gasteiger partial charge in [-0.05, 0) is 74.2 Å². The fraction of sp³-hybridized carbons (Fsp3) is 0.810. The summed E-state index contributed by atoms with van der Waals surface area (Å²) >= 11 is 0. The van der Waals surface area contributed by atoms with Gasteiger partial charge in [0.1, 0.15) is 6.10 Å². The van der Waals surface area contributed by atoms with E-state index in [1.807, 2.05) is 6.08 Å². The Balaban J connectivity index is 1.62. The third kappa shape index (κ3) is 2.23. The molecule has 0 N–H and O–H groups in total. The smallest absolute Gasteiger partial charge is 0.302 e. The van der Waals surface area contributed by atoms with Crippen LogP contribution < -0.4 is 0 Å². The number of hydrogen-bond acceptors (Lipinski definition) is 3. The van der Waals surface area contributed by atoms with Gasteiger partial charge in [-0.15, -0.1) is 0 Å². The zero-order valence-corrected chi connectivity index (χ0v) is 15.3. The van der Waals surface area contributed by atoms with E-state index in [4.69, 9.17) is 4.74 Å². The number of ether oxygens (including phenoxy) is 1. The van der Waals surface area contributed by atoms with Gasteiger partial charge < -0.3 is 4.74 Å². The van der Waals surface area contributed by atoms with E-state index in [1.165, 1.54) is 24.8 Å². The van der Waals surface area contributed by atoms with Crippen LogP contribution in [0.3, 0.4) is 0 Å². The van der Waals surface area contributed by atoms with Gasteiger partial charge in [-0.25, -0.2) is 0 Å². The Bertz CT molecular complexity index is 606. The molecule has 3 heteroatoms. The maximum absolute atomic E-state index is 11.9. The fourth-order valence-electron chi connectivity index (χ4n) is 6.91. The van der Waals surface area contributed by atoms with Crippen LogP contribution in [0.25, 0.3) is 0 Å². The second kappa shape index (κ2) is 5.44. The molecule has 4 rings (SSSR count). The first kappa shape index (κ1) is 16.4. The predicted molar refractivity (Wildman–Crippen MR) is 92.3 cm³/mol. The average Bonchev–Trinajstić information content (AvgIpc) is 2.84. The highest BCUT2D eigenvalue weighted by Gasteiger charge is 2.59. The van der Waals surface area contributed by atoms with Gasteiger partial charge in [0.25, 0.3) is 0 Å². The molecule has 4 aliphatic carbocycles. The minimum Gasteiger partial charge on any atom is -0.462 e. The van der Waals surface area contributed by atoms with E-state index < -0.39 is 0 Å². The first-order valence-corrected chi connectivity index (χ1v) is 9.76. The minimum atomic E-state index is -0.129. The van der Waals surface area contributed by atoms with Crippen molar-refractivity contribution in [3.05, 3.63) is 11.6 Å². The summed E-state index contributed by atoms with van der Waals surface area (Å²) in [7, 11) is 0. The molecule has 0 unspecified atom stereocenters. The number of carbonyl (C=O) groups excluding carboxylic acids is 2. The Morgan fingerprint density at radius 3 is 2.62 bits per heavy atom. The number of hydrogen-bond donors (Lipinski definition) is 0. The minimum absolute atomic E-state index is 0.110. The van der Waals surface area contributed by atoms with Gasteiger partial charge in [0, 0.05) is 18.8 Å². The number of allylic oxidation sites excluding steroid dienone is 1. The molecule has 0 heterocycles. The second-order valence-electron chi connectivity index (χ2n) is 9.19. The molecular formula is C21H30O3. The quantitative estimate of drug-likeness (QED) is 0.667. The van der Waals surface area contributed by atoms with Gasteiger partial charge in [0.15, 0.2) is 5.78 Å². The lowest BCUT2D eigenvalue weighted by Crippen LogP contribution is -2.51. The Morgan fingerprint density at radius 2 is 1.88 bits per heavy atom. The van der Waals surface area contributed by atoms with Crippen molar-refractivity contribution in [1.29, 1.82) is 0 Å². The standard InChI is InChI=1S/C21H30O3/c1-13(22)24-19-7-6-17-16-5-4-14-12-15(23)8-10-20(14,2)18(16)9-11-21(17,19)3/h12,16-19H,4-11H2,1-3H3/t16-,17-,18-,19-,20+,21+/m1/s1. The largest absolute Gasteiger partial charge is 0.462 e. The molecular weight excluding hydrogens is 300 g/mol. The predicted octanol–water partition coefficient (Wildman–Crippen LogP) is 4.45. The summed E-state index contributed by atoms with van der Waals surface area (Å²) < 4.78 is 5.71. The molecule has 0 spiro atoms. The Kier molecular flexibility index (Phi) is 3.71. The molecule has 0 aromatic carbocycles. The molecule has 0 aromatic heterocycles. The van der Waals surface area contributed by atoms with Crippen LogP contribution in [-0.4, -0.2) is 17.9 Å². The van der Waals surface area contributed by atoms with Crippen molar-refractivity contribution in [2.75, 3.05) is 0 Å². The first-order chi connectivity index (χ1) is 11.3. The lowest BCUT2D eigenvalue weighted by atomic mass is 9.47. The third-order valence-corrected chi connectivity index (χ3v) is 8.18. The van der Waals surface area contributed by atoms with Crippen molar-refractivity contribution in [3.8, 4) is 0 Å². The van der Waals surface area contributed by atoms with Crippen LogP contribution in [0.4, 0.5) is 0 Å². The number of ketones is 1. The van der Waals surface area contributed by atoms with Gasteiger partial charge in [-0.1, -0.05) is 19.4 Å². The molecule has 3 fully saturated rings. The number of esters is 1. The molecule has 6 atom stereocenters. The van der Waals surface area contributed by atoms with Gasteiger partial charge >= 0.3 is 5.97 Å². The maximum atomic E-state index is 11.9. The summed E-state index contributed by atoms with van der Waals surface area (Å²) in [6.45, 7) is 6.33. The molecule has 0 saturated heterocycles. The molecule has 0 bridgehead atoms. The number of fused-ring (bicyclic) bond motifs is 5. The molecule has 0 amide bonds. The Hall–Kier alpha value is -1.12. The van der Waals surface area contributed by atoms with Crippen molar-refractivity contribution >= 4 is 11.8 Å². The van der Waals surface area contributed by atoms with E-state index in [0.29, 0.717) is 17.6 Å². The highest BCUT2D eigenvalue weighted by atomic mass is 16.5. The van der Waals surface area contributed by atoms with Crippen LogP contribution in [0.2, 0.25) is 0 Å². The normalized spacial score (nSPS) is 47.3. The summed E-state index contributed by atoms with van der Waals surface area (Å²) in [5, 5.41) is 0. The Labute approximate surface area is 145 Å². The van der Waals surface area contributed by atoms with Crippen molar-refractivity contribution in [2.24, 2.45) is 28.6 Å². The average molecular weight is 330 g/mol. The SMILES string of the molecule is CC(=O)O[C@@H]1CC[C@@H]2[C@H]3CCC4=CC(=O)CC[C@]4(C)[C@@H]3CC[C@@]21C. The fourth-order valence-corrected chi connectivity index (χ4v) is 6.91. The van der Waals surface area contributed by atoms with Gasteiger partial charge in [0.2, 0.25) is 0 Å². The second-order valence-corrected chi connectivity index (χ2v) is 9.19. The van der Waals surface area contributed by atoms with E-state index in [0.717, 1.165) is 38.0 Å². The molecule has 4 aliphatic rings. The highest BCUT2D eigenvalue weighted by Crippen LogP contribution is 2.65. The van der Waals surface area contributed by atoms with Crippen LogP contribution in [0.5, 0.6) is 0 Å². The van der Waals surface area contributed by atoms with E-state index in [9.17, 15) is 9.59 Å². The lowest BCUT2D eigenvalue weighted by Gasteiger charge is -2.57. The van der Waals surface area contributed by atoms with Crippen molar-refractivity contribution in [2.45, 2.75) is 78.2 Å². The number of rotatable bonds is 1. The van der Waals surface area contributed by atoms with Crippen LogP contribution >= 0.6 is 0 Å². The van der Waals surface area contributed by atoms with Crippen LogP contribution in [0.15, 0.2) is 11.6 Å². The molecule has 132 valence electrons. The van der Waals surface area contributed by atoms with E-state index in [-0.39, 0.29) is 22.9 Å². The van der Waals surface area contributed by atoms with E-state index >= 15 is 0 Å². The summed E-state index contributed by atoms with van der Waals surface area (Å²) in [6.07, 6.45) is 10.8. The lowest BCUT2D eigenvalue weighted by molar-refractivity contribution is -0.157. The first-order valence-electron chi connectivity index (χ1n) is 9.76. The molecule has 3 saturated carbocycles. The maximum Gasteiger partial charge on any atom is 0.302 e. The monoisotopic (exact) mass is 330 g/mol. The molecule has 0 radical (unpaired) electrons. The Morgan fingerprint density at radius 1 is 1.08 bits per heavy atom. The van der Waals surface area contributed by atoms with E-state index in [2.05, 4.69) is 13.8 Å². The molecule has 0 aromatic rings. The van der Waals surface area contributed by atoms with Gasteiger partial charge in [-0.2, -0.15) is 0 Å². The van der Waals surface area contributed by atoms with Crippen molar-refractivity contribution < 1.29 is 14.3 Å². The molecule has 3 nitrogen and oxygen atoms in total. The van der Waals surface area contributed by atoms with Crippen molar-refractivity contribution in [3.63, 3.8) is 0 Å². The zero-order valence-electron chi connectivity index (χ0n) is 15.3. The summed E-state index contributed by atoms with van der Waals surface area (Å²) in [5.74, 6) is 2.32. The summed E-state index contributed by atoms with van der Waals surface area (Å²) in [5.41, 5.74) is 1.82. The molecule has 0 aliphatic heterocycles. The van der Waals surface area contributed by atoms with Crippen LogP contribution in [0.1, 0.15) is 72.1 Å². The summed E-state index contributed by atoms with van der Waals surface area (Å²) in [4.78, 5) is 23.4.